The fourth-order valence-electron chi connectivity index (χ4n) is 3.01. The lowest BCUT2D eigenvalue weighted by Gasteiger charge is -2.14. The molecule has 33 heavy (non-hydrogen) atoms. The molecule has 11 heteroatoms. The molecule has 0 spiro atoms. The first kappa shape index (κ1) is 22.4. The molecule has 0 saturated carbocycles. The number of nitrogens with one attached hydrogen (secondary N) is 1. The van der Waals surface area contributed by atoms with Crippen molar-refractivity contribution in [2.45, 2.75) is 17.3 Å². The van der Waals surface area contributed by atoms with Gasteiger partial charge >= 0.3 is 0 Å². The maximum Gasteiger partial charge on any atom is 0.271 e. The van der Waals surface area contributed by atoms with Gasteiger partial charge in [-0.1, -0.05) is 41.6 Å². The average molecular weight is 481 g/mol. The lowest BCUT2D eigenvalue weighted by Crippen LogP contribution is -2.23. The molecule has 1 N–H and O–H groups in total. The molecule has 0 fully saturated rings. The number of benzene rings is 2. The van der Waals surface area contributed by atoms with Crippen LogP contribution >= 0.6 is 23.4 Å². The molecule has 0 aliphatic carbocycles. The topological polar surface area (TPSA) is 116 Å². The van der Waals surface area contributed by atoms with Crippen LogP contribution < -0.4 is 5.32 Å². The van der Waals surface area contributed by atoms with Crippen LogP contribution in [-0.4, -0.2) is 35.8 Å². The van der Waals surface area contributed by atoms with Crippen molar-refractivity contribution in [1.29, 1.82) is 0 Å². The second-order valence-electron chi connectivity index (χ2n) is 6.88. The van der Waals surface area contributed by atoms with Crippen molar-refractivity contribution >= 4 is 40.6 Å². The standard InChI is InChI=1S/C22H17ClN6O3S/c1-14(21(30)25-19-8-7-17(29(31)32)13-18(19)23)33-22-27-26-20(15-9-11-24-12-10-15)28(22)16-5-3-2-4-6-16/h2-14H,1H3,(H,25,30). The molecule has 4 aromatic rings. The molecule has 1 amide bonds. The quantitative estimate of drug-likeness (QED) is 0.224. The number of amides is 1. The van der Waals surface area contributed by atoms with Crippen molar-refractivity contribution in [3.8, 4) is 17.1 Å². The molecule has 2 aromatic heterocycles. The van der Waals surface area contributed by atoms with Gasteiger partial charge in [0.05, 0.1) is 20.9 Å². The largest absolute Gasteiger partial charge is 0.324 e. The van der Waals surface area contributed by atoms with Crippen molar-refractivity contribution in [1.82, 2.24) is 19.7 Å². The molecule has 0 radical (unpaired) electrons. The van der Waals surface area contributed by atoms with E-state index in [0.717, 1.165) is 11.3 Å². The maximum atomic E-state index is 12.8. The van der Waals surface area contributed by atoms with E-state index in [0.29, 0.717) is 16.7 Å². The number of nitro benzene ring substituents is 1. The van der Waals surface area contributed by atoms with Crippen molar-refractivity contribution in [2.24, 2.45) is 0 Å². The highest BCUT2D eigenvalue weighted by molar-refractivity contribution is 8.00. The Hall–Kier alpha value is -3.76. The Morgan fingerprint density at radius 3 is 2.52 bits per heavy atom. The molecule has 1 atom stereocenters. The minimum atomic E-state index is -0.562. The molecule has 166 valence electrons. The number of nitro groups is 1. The van der Waals surface area contributed by atoms with Crippen LogP contribution in [0.4, 0.5) is 11.4 Å². The number of aromatic nitrogens is 4. The monoisotopic (exact) mass is 480 g/mol. The number of pyridine rings is 1. The Labute approximate surface area is 198 Å². The van der Waals surface area contributed by atoms with Crippen LogP contribution in [0.3, 0.4) is 0 Å². The van der Waals surface area contributed by atoms with E-state index in [1.54, 1.807) is 19.3 Å². The molecule has 9 nitrogen and oxygen atoms in total. The number of halogens is 1. The minimum Gasteiger partial charge on any atom is -0.324 e. The van der Waals surface area contributed by atoms with Crippen LogP contribution in [0.15, 0.2) is 78.2 Å². The lowest BCUT2D eigenvalue weighted by molar-refractivity contribution is -0.384. The summed E-state index contributed by atoms with van der Waals surface area (Å²) in [6, 6.07) is 17.2. The first-order valence-corrected chi connectivity index (χ1v) is 11.0. The van der Waals surface area contributed by atoms with Gasteiger partial charge < -0.3 is 5.32 Å². The van der Waals surface area contributed by atoms with Gasteiger partial charge in [0, 0.05) is 35.8 Å². The fourth-order valence-corrected chi connectivity index (χ4v) is 4.10. The van der Waals surface area contributed by atoms with E-state index in [4.69, 9.17) is 11.6 Å². The number of nitrogens with zero attached hydrogens (tertiary/aromatic N) is 5. The molecule has 1 unspecified atom stereocenters. The number of non-ortho nitro benzene ring substituents is 1. The summed E-state index contributed by atoms with van der Waals surface area (Å²) in [5, 5.41) is 22.3. The summed E-state index contributed by atoms with van der Waals surface area (Å²) in [5.41, 5.74) is 1.83. The molecule has 0 bridgehead atoms. The predicted molar refractivity (Wildman–Crippen MR) is 127 cm³/mol. The van der Waals surface area contributed by atoms with E-state index in [2.05, 4.69) is 20.5 Å². The first-order valence-electron chi connectivity index (χ1n) is 9.76. The van der Waals surface area contributed by atoms with Crippen molar-refractivity contribution < 1.29 is 9.72 Å². The number of carbonyl (C=O) groups is 1. The van der Waals surface area contributed by atoms with Crippen molar-refractivity contribution in [3.63, 3.8) is 0 Å². The average Bonchev–Trinajstić information content (AvgIpc) is 3.24. The van der Waals surface area contributed by atoms with Gasteiger partial charge in [-0.15, -0.1) is 10.2 Å². The summed E-state index contributed by atoms with van der Waals surface area (Å²) in [7, 11) is 0. The molecule has 0 saturated heterocycles. The Bertz CT molecular complexity index is 1300. The Balaban J connectivity index is 1.59. The molecular formula is C22H17ClN6O3S. The highest BCUT2D eigenvalue weighted by atomic mass is 35.5. The van der Waals surface area contributed by atoms with E-state index in [9.17, 15) is 14.9 Å². The molecule has 2 aromatic carbocycles. The van der Waals surface area contributed by atoms with E-state index < -0.39 is 10.2 Å². The van der Waals surface area contributed by atoms with E-state index in [1.165, 1.54) is 30.0 Å². The lowest BCUT2D eigenvalue weighted by atomic mass is 10.2. The zero-order valence-corrected chi connectivity index (χ0v) is 18.8. The van der Waals surface area contributed by atoms with Gasteiger partial charge in [-0.05, 0) is 37.3 Å². The number of rotatable bonds is 7. The third-order valence-electron chi connectivity index (χ3n) is 4.66. The SMILES string of the molecule is CC(Sc1nnc(-c2ccncc2)n1-c1ccccc1)C(=O)Nc1ccc([N+](=O)[O-])cc1Cl. The van der Waals surface area contributed by atoms with Crippen LogP contribution in [0.25, 0.3) is 17.1 Å². The normalized spacial score (nSPS) is 11.7. The van der Waals surface area contributed by atoms with E-state index in [1.807, 2.05) is 47.0 Å². The summed E-state index contributed by atoms with van der Waals surface area (Å²) in [6.45, 7) is 1.73. The summed E-state index contributed by atoms with van der Waals surface area (Å²) in [5.74, 6) is 0.293. The first-order chi connectivity index (χ1) is 15.9. The van der Waals surface area contributed by atoms with Crippen LogP contribution in [0.2, 0.25) is 5.02 Å². The third-order valence-corrected chi connectivity index (χ3v) is 6.01. The van der Waals surface area contributed by atoms with E-state index in [-0.39, 0.29) is 16.6 Å². The Morgan fingerprint density at radius 1 is 1.12 bits per heavy atom. The van der Waals surface area contributed by atoms with Crippen LogP contribution in [0.5, 0.6) is 0 Å². The van der Waals surface area contributed by atoms with Gasteiger partial charge in [0.2, 0.25) is 5.91 Å². The highest BCUT2D eigenvalue weighted by Gasteiger charge is 2.23. The van der Waals surface area contributed by atoms with E-state index >= 15 is 0 Å². The third kappa shape index (κ3) is 5.02. The second kappa shape index (κ2) is 9.80. The summed E-state index contributed by atoms with van der Waals surface area (Å²) >= 11 is 7.33. The van der Waals surface area contributed by atoms with Crippen LogP contribution in [0.1, 0.15) is 6.92 Å². The molecular weight excluding hydrogens is 464 g/mol. The summed E-state index contributed by atoms with van der Waals surface area (Å²) in [6.07, 6.45) is 3.35. The molecule has 0 aliphatic rings. The molecule has 0 aliphatic heterocycles. The Morgan fingerprint density at radius 2 is 1.85 bits per heavy atom. The van der Waals surface area contributed by atoms with Crippen molar-refractivity contribution in [3.05, 3.63) is 88.2 Å². The number of hydrogen-bond donors (Lipinski definition) is 1. The van der Waals surface area contributed by atoms with Gasteiger partial charge in [-0.3, -0.25) is 24.5 Å². The highest BCUT2D eigenvalue weighted by Crippen LogP contribution is 2.31. The number of carbonyl (C=O) groups excluding carboxylic acids is 1. The summed E-state index contributed by atoms with van der Waals surface area (Å²) in [4.78, 5) is 27.2. The van der Waals surface area contributed by atoms with Gasteiger partial charge in [0.15, 0.2) is 11.0 Å². The van der Waals surface area contributed by atoms with Gasteiger partial charge in [-0.25, -0.2) is 0 Å². The smallest absolute Gasteiger partial charge is 0.271 e. The van der Waals surface area contributed by atoms with Crippen LogP contribution in [0, 0.1) is 10.1 Å². The maximum absolute atomic E-state index is 12.8. The summed E-state index contributed by atoms with van der Waals surface area (Å²) < 4.78 is 1.88. The number of hydrogen-bond acceptors (Lipinski definition) is 7. The van der Waals surface area contributed by atoms with Gasteiger partial charge in [0.25, 0.3) is 5.69 Å². The van der Waals surface area contributed by atoms with Crippen molar-refractivity contribution in [2.75, 3.05) is 5.32 Å². The Kier molecular flexibility index (Phi) is 6.66. The second-order valence-corrected chi connectivity index (χ2v) is 8.60. The number of para-hydroxylation sites is 1. The van der Waals surface area contributed by atoms with Crippen LogP contribution in [-0.2, 0) is 4.79 Å². The minimum absolute atomic E-state index is 0.0853. The molecule has 4 rings (SSSR count). The van der Waals surface area contributed by atoms with Gasteiger partial charge in [0.1, 0.15) is 0 Å². The zero-order chi connectivity index (χ0) is 23.4. The molecule has 2 heterocycles. The number of anilines is 1. The zero-order valence-electron chi connectivity index (χ0n) is 17.3. The number of thioether (sulfide) groups is 1. The van der Waals surface area contributed by atoms with Gasteiger partial charge in [-0.2, -0.15) is 0 Å². The fraction of sp³-hybridized carbons (Fsp3) is 0.0909. The predicted octanol–water partition coefficient (Wildman–Crippen LogP) is 5.01.